The lowest BCUT2D eigenvalue weighted by molar-refractivity contribution is -0.114. The van der Waals surface area contributed by atoms with E-state index in [4.69, 9.17) is 0 Å². The number of fused-ring (bicyclic) bond motifs is 1. The molecule has 0 saturated heterocycles. The molecule has 6 nitrogen and oxygen atoms in total. The summed E-state index contributed by atoms with van der Waals surface area (Å²) in [7, 11) is 0. The van der Waals surface area contributed by atoms with E-state index in [-0.39, 0.29) is 17.7 Å². The Morgan fingerprint density at radius 3 is 2.72 bits per heavy atom. The fourth-order valence-corrected chi connectivity index (χ4v) is 3.08. The molecule has 0 aliphatic carbocycles. The normalized spacial score (nSPS) is 12.6. The molecular weight excluding hydrogens is 338 g/mol. The van der Waals surface area contributed by atoms with Crippen molar-refractivity contribution in [3.8, 4) is 0 Å². The van der Waals surface area contributed by atoms with Crippen molar-refractivity contribution in [1.29, 1.82) is 0 Å². The lowest BCUT2D eigenvalue weighted by Crippen LogP contribution is -2.19. The molecule has 126 valence electrons. The minimum Gasteiger partial charge on any atom is -0.324 e. The van der Waals surface area contributed by atoms with E-state index < -0.39 is 0 Å². The van der Waals surface area contributed by atoms with Gasteiger partial charge in [-0.3, -0.25) is 14.4 Å². The number of hydrogen-bond donors (Lipinski definition) is 3. The van der Waals surface area contributed by atoms with Crippen LogP contribution in [0.1, 0.15) is 10.4 Å². The Morgan fingerprint density at radius 1 is 1.12 bits per heavy atom. The Balaban J connectivity index is 1.75. The smallest absolute Gasteiger partial charge is 0.255 e. The van der Waals surface area contributed by atoms with Gasteiger partial charge in [-0.05, 0) is 42.5 Å². The van der Waals surface area contributed by atoms with E-state index in [0.29, 0.717) is 28.4 Å². The van der Waals surface area contributed by atoms with Gasteiger partial charge < -0.3 is 16.0 Å². The van der Waals surface area contributed by atoms with Gasteiger partial charge in [-0.25, -0.2) is 0 Å². The second-order valence-electron chi connectivity index (χ2n) is 5.28. The van der Waals surface area contributed by atoms with Crippen LogP contribution in [0.25, 0.3) is 0 Å². The summed E-state index contributed by atoms with van der Waals surface area (Å²) in [6.45, 7) is 3.39. The Labute approximate surface area is 148 Å². The number of nitrogens with one attached hydrogen (secondary N) is 3. The first-order valence-corrected chi connectivity index (χ1v) is 8.45. The summed E-state index contributed by atoms with van der Waals surface area (Å²) in [5.74, 6) is -0.335. The van der Waals surface area contributed by atoms with Crippen LogP contribution in [0.2, 0.25) is 0 Å². The van der Waals surface area contributed by atoms with E-state index in [0.717, 1.165) is 11.0 Å². The third-order valence-electron chi connectivity index (χ3n) is 3.45. The highest BCUT2D eigenvalue weighted by Crippen LogP contribution is 2.33. The molecule has 1 heterocycles. The Kier molecular flexibility index (Phi) is 4.85. The van der Waals surface area contributed by atoms with Crippen LogP contribution in [-0.2, 0) is 9.59 Å². The number of thioether (sulfide) groups is 1. The van der Waals surface area contributed by atoms with E-state index >= 15 is 0 Å². The van der Waals surface area contributed by atoms with Gasteiger partial charge in [0.25, 0.3) is 5.91 Å². The van der Waals surface area contributed by atoms with Gasteiger partial charge >= 0.3 is 0 Å². The first-order valence-electron chi connectivity index (χ1n) is 7.47. The molecule has 2 aromatic rings. The monoisotopic (exact) mass is 353 g/mol. The topological polar surface area (TPSA) is 87.3 Å². The summed E-state index contributed by atoms with van der Waals surface area (Å²) in [5, 5.41) is 8.18. The molecule has 1 aliphatic rings. The van der Waals surface area contributed by atoms with E-state index in [9.17, 15) is 14.4 Å². The lowest BCUT2D eigenvalue weighted by Gasteiger charge is -2.17. The number of carbonyl (C=O) groups excluding carboxylic acids is 3. The molecule has 1 aliphatic heterocycles. The van der Waals surface area contributed by atoms with Crippen molar-refractivity contribution < 1.29 is 14.4 Å². The predicted molar refractivity (Wildman–Crippen MR) is 99.0 cm³/mol. The highest BCUT2D eigenvalue weighted by molar-refractivity contribution is 8.00. The fraction of sp³-hybridized carbons (Fsp3) is 0.0556. The van der Waals surface area contributed by atoms with Gasteiger partial charge in [0.15, 0.2) is 0 Å². The minimum atomic E-state index is -0.347. The van der Waals surface area contributed by atoms with Crippen LogP contribution in [0.5, 0.6) is 0 Å². The molecule has 2 aromatic carbocycles. The maximum atomic E-state index is 12.4. The third kappa shape index (κ3) is 4.07. The van der Waals surface area contributed by atoms with Crippen LogP contribution in [-0.4, -0.2) is 23.5 Å². The predicted octanol–water partition coefficient (Wildman–Crippen LogP) is 3.11. The molecule has 0 atom stereocenters. The molecule has 0 bridgehead atoms. The van der Waals surface area contributed by atoms with Gasteiger partial charge in [0.2, 0.25) is 11.8 Å². The summed E-state index contributed by atoms with van der Waals surface area (Å²) in [6.07, 6.45) is 1.16. The summed E-state index contributed by atoms with van der Waals surface area (Å²) < 4.78 is 0. The number of benzene rings is 2. The molecule has 3 N–H and O–H groups in total. The molecule has 3 amide bonds. The summed E-state index contributed by atoms with van der Waals surface area (Å²) in [6, 6.07) is 11.9. The Hall–Kier alpha value is -3.06. The van der Waals surface area contributed by atoms with Crippen LogP contribution in [0, 0.1) is 0 Å². The molecule has 0 fully saturated rings. The standard InChI is InChI=1S/C18H15N3O3S/c1-2-16(22)19-12-5-3-4-11(8-12)18(24)20-13-6-7-15-14(9-13)21-17(23)10-25-15/h2-9H,1,10H2,(H,19,22)(H,20,24)(H,21,23). The molecular formula is C18H15N3O3S. The number of carbonyl (C=O) groups is 3. The van der Waals surface area contributed by atoms with Gasteiger partial charge in [0.1, 0.15) is 0 Å². The highest BCUT2D eigenvalue weighted by Gasteiger charge is 2.16. The molecule has 7 heteroatoms. The van der Waals surface area contributed by atoms with Crippen molar-refractivity contribution in [2.45, 2.75) is 4.90 Å². The number of anilines is 3. The van der Waals surface area contributed by atoms with Crippen LogP contribution >= 0.6 is 11.8 Å². The first kappa shape index (κ1) is 16.8. The number of amides is 3. The van der Waals surface area contributed by atoms with E-state index in [2.05, 4.69) is 22.5 Å². The largest absolute Gasteiger partial charge is 0.324 e. The molecule has 0 unspecified atom stereocenters. The van der Waals surface area contributed by atoms with Gasteiger partial charge in [0.05, 0.1) is 11.4 Å². The molecule has 0 spiro atoms. The highest BCUT2D eigenvalue weighted by atomic mass is 32.2. The Morgan fingerprint density at radius 2 is 1.92 bits per heavy atom. The van der Waals surface area contributed by atoms with E-state index in [1.165, 1.54) is 11.8 Å². The SMILES string of the molecule is C=CC(=O)Nc1cccc(C(=O)Nc2ccc3c(c2)NC(=O)CS3)c1. The van der Waals surface area contributed by atoms with Crippen molar-refractivity contribution in [3.05, 3.63) is 60.7 Å². The van der Waals surface area contributed by atoms with Crippen LogP contribution in [0.15, 0.2) is 60.0 Å². The third-order valence-corrected chi connectivity index (χ3v) is 4.52. The van der Waals surface area contributed by atoms with Crippen LogP contribution < -0.4 is 16.0 Å². The van der Waals surface area contributed by atoms with Gasteiger partial charge in [0, 0.05) is 21.8 Å². The zero-order chi connectivity index (χ0) is 17.8. The summed E-state index contributed by atoms with van der Waals surface area (Å²) in [5.41, 5.74) is 2.17. The lowest BCUT2D eigenvalue weighted by atomic mass is 10.1. The quantitative estimate of drug-likeness (QED) is 0.737. The van der Waals surface area contributed by atoms with Crippen molar-refractivity contribution in [2.75, 3.05) is 21.7 Å². The average Bonchev–Trinajstić information content (AvgIpc) is 2.61. The zero-order valence-corrected chi connectivity index (χ0v) is 14.0. The molecule has 0 radical (unpaired) electrons. The van der Waals surface area contributed by atoms with Crippen LogP contribution in [0.4, 0.5) is 17.1 Å². The van der Waals surface area contributed by atoms with Crippen molar-refractivity contribution in [2.24, 2.45) is 0 Å². The second-order valence-corrected chi connectivity index (χ2v) is 6.29. The van der Waals surface area contributed by atoms with Crippen molar-refractivity contribution in [1.82, 2.24) is 0 Å². The van der Waals surface area contributed by atoms with Crippen molar-refractivity contribution >= 4 is 46.5 Å². The van der Waals surface area contributed by atoms with Crippen molar-refractivity contribution in [3.63, 3.8) is 0 Å². The number of rotatable bonds is 4. The second kappa shape index (κ2) is 7.23. The van der Waals surface area contributed by atoms with Gasteiger partial charge in [-0.15, -0.1) is 11.8 Å². The Bertz CT molecular complexity index is 880. The first-order chi connectivity index (χ1) is 12.0. The molecule has 25 heavy (non-hydrogen) atoms. The number of hydrogen-bond acceptors (Lipinski definition) is 4. The summed E-state index contributed by atoms with van der Waals surface area (Å²) in [4.78, 5) is 36.2. The van der Waals surface area contributed by atoms with E-state index in [1.807, 2.05) is 6.07 Å². The molecule has 0 aromatic heterocycles. The van der Waals surface area contributed by atoms with Crippen LogP contribution in [0.3, 0.4) is 0 Å². The molecule has 3 rings (SSSR count). The van der Waals surface area contributed by atoms with Gasteiger partial charge in [-0.2, -0.15) is 0 Å². The maximum absolute atomic E-state index is 12.4. The average molecular weight is 353 g/mol. The zero-order valence-electron chi connectivity index (χ0n) is 13.2. The fourth-order valence-electron chi connectivity index (χ4n) is 2.30. The molecule has 0 saturated carbocycles. The summed E-state index contributed by atoms with van der Waals surface area (Å²) >= 11 is 1.46. The minimum absolute atomic E-state index is 0.0633. The maximum Gasteiger partial charge on any atom is 0.255 e. The van der Waals surface area contributed by atoms with E-state index in [1.54, 1.807) is 36.4 Å². The van der Waals surface area contributed by atoms with Gasteiger partial charge in [-0.1, -0.05) is 12.6 Å².